The summed E-state index contributed by atoms with van der Waals surface area (Å²) in [6, 6.07) is 15.5. The van der Waals surface area contributed by atoms with Crippen LogP contribution in [-0.4, -0.2) is 33.0 Å². The average Bonchev–Trinajstić information content (AvgIpc) is 3.01. The monoisotopic (exact) mass is 382 g/mol. The molecule has 0 fully saturated rings. The first-order valence-corrected chi connectivity index (χ1v) is 9.68. The molecule has 0 aliphatic rings. The second kappa shape index (κ2) is 8.73. The van der Waals surface area contributed by atoms with E-state index in [0.717, 1.165) is 22.6 Å². The quantitative estimate of drug-likeness (QED) is 0.627. The molecular formula is C20H22N4O2S. The first-order valence-electron chi connectivity index (χ1n) is 8.69. The van der Waals surface area contributed by atoms with Crippen LogP contribution in [0.3, 0.4) is 0 Å². The van der Waals surface area contributed by atoms with E-state index in [1.54, 1.807) is 0 Å². The fraction of sp³-hybridized carbons (Fsp3) is 0.250. The number of hydrogen-bond donors (Lipinski definition) is 1. The topological polar surface area (TPSA) is 69.0 Å². The number of benzene rings is 2. The molecule has 1 N–H and O–H groups in total. The SMILES string of the molecule is CCOc1ccccc1-c1nnc(SCC(=O)Nc2cccc(C)c2)n1C. The van der Waals surface area contributed by atoms with Crippen LogP contribution in [0.5, 0.6) is 5.75 Å². The zero-order chi connectivity index (χ0) is 19.2. The molecule has 0 saturated carbocycles. The Morgan fingerprint density at radius 2 is 2.00 bits per heavy atom. The minimum absolute atomic E-state index is 0.0788. The number of amides is 1. The summed E-state index contributed by atoms with van der Waals surface area (Å²) < 4.78 is 7.56. The molecule has 1 aromatic heterocycles. The van der Waals surface area contributed by atoms with E-state index in [1.807, 2.05) is 74.0 Å². The third-order valence-electron chi connectivity index (χ3n) is 3.90. The van der Waals surface area contributed by atoms with Crippen molar-refractivity contribution >= 4 is 23.4 Å². The summed E-state index contributed by atoms with van der Waals surface area (Å²) in [4.78, 5) is 12.2. The Morgan fingerprint density at radius 1 is 1.19 bits per heavy atom. The highest BCUT2D eigenvalue weighted by Crippen LogP contribution is 2.30. The van der Waals surface area contributed by atoms with Crippen LogP contribution < -0.4 is 10.1 Å². The van der Waals surface area contributed by atoms with Gasteiger partial charge in [-0.05, 0) is 43.7 Å². The second-order valence-electron chi connectivity index (χ2n) is 6.00. The number of ether oxygens (including phenoxy) is 1. The third kappa shape index (κ3) is 4.68. The molecular weight excluding hydrogens is 360 g/mol. The summed E-state index contributed by atoms with van der Waals surface area (Å²) >= 11 is 1.35. The molecule has 0 atom stereocenters. The number of carbonyl (C=O) groups excluding carboxylic acids is 1. The van der Waals surface area contributed by atoms with Gasteiger partial charge in [0.05, 0.1) is 17.9 Å². The molecule has 0 unspecified atom stereocenters. The van der Waals surface area contributed by atoms with Gasteiger partial charge in [-0.2, -0.15) is 0 Å². The molecule has 27 heavy (non-hydrogen) atoms. The van der Waals surface area contributed by atoms with Gasteiger partial charge in [0, 0.05) is 12.7 Å². The number of para-hydroxylation sites is 1. The lowest BCUT2D eigenvalue weighted by molar-refractivity contribution is -0.113. The highest BCUT2D eigenvalue weighted by Gasteiger charge is 2.16. The van der Waals surface area contributed by atoms with Crippen LogP contribution in [0.4, 0.5) is 5.69 Å². The van der Waals surface area contributed by atoms with E-state index in [0.29, 0.717) is 17.6 Å². The number of anilines is 1. The number of aryl methyl sites for hydroxylation is 1. The highest BCUT2D eigenvalue weighted by molar-refractivity contribution is 7.99. The zero-order valence-corrected chi connectivity index (χ0v) is 16.4. The summed E-state index contributed by atoms with van der Waals surface area (Å²) in [5, 5.41) is 12.1. The number of hydrogen-bond acceptors (Lipinski definition) is 5. The van der Waals surface area contributed by atoms with Crippen LogP contribution in [-0.2, 0) is 11.8 Å². The van der Waals surface area contributed by atoms with Crippen molar-refractivity contribution in [3.63, 3.8) is 0 Å². The molecule has 0 radical (unpaired) electrons. The first-order chi connectivity index (χ1) is 13.1. The van der Waals surface area contributed by atoms with Crippen molar-refractivity contribution in [1.82, 2.24) is 14.8 Å². The van der Waals surface area contributed by atoms with Crippen molar-refractivity contribution in [3.8, 4) is 17.1 Å². The van der Waals surface area contributed by atoms with Crippen molar-refractivity contribution in [1.29, 1.82) is 0 Å². The van der Waals surface area contributed by atoms with E-state index in [2.05, 4.69) is 15.5 Å². The molecule has 0 bridgehead atoms. The summed E-state index contributed by atoms with van der Waals surface area (Å²) in [5.41, 5.74) is 2.78. The molecule has 6 nitrogen and oxygen atoms in total. The van der Waals surface area contributed by atoms with Crippen molar-refractivity contribution < 1.29 is 9.53 Å². The van der Waals surface area contributed by atoms with Crippen LogP contribution in [0.15, 0.2) is 53.7 Å². The number of aromatic nitrogens is 3. The Hall–Kier alpha value is -2.80. The Bertz CT molecular complexity index is 939. The fourth-order valence-corrected chi connectivity index (χ4v) is 3.37. The van der Waals surface area contributed by atoms with Gasteiger partial charge >= 0.3 is 0 Å². The van der Waals surface area contributed by atoms with E-state index in [4.69, 9.17) is 4.74 Å². The van der Waals surface area contributed by atoms with E-state index in [1.165, 1.54) is 11.8 Å². The maximum absolute atomic E-state index is 12.2. The van der Waals surface area contributed by atoms with E-state index >= 15 is 0 Å². The Morgan fingerprint density at radius 3 is 2.78 bits per heavy atom. The van der Waals surface area contributed by atoms with Gasteiger partial charge in [-0.1, -0.05) is 36.0 Å². The van der Waals surface area contributed by atoms with Gasteiger partial charge in [-0.15, -0.1) is 10.2 Å². The van der Waals surface area contributed by atoms with Crippen molar-refractivity contribution in [2.24, 2.45) is 7.05 Å². The van der Waals surface area contributed by atoms with Crippen LogP contribution in [0.1, 0.15) is 12.5 Å². The Balaban J connectivity index is 1.68. The molecule has 3 rings (SSSR count). The maximum Gasteiger partial charge on any atom is 0.234 e. The molecule has 1 amide bonds. The number of carbonyl (C=O) groups is 1. The molecule has 7 heteroatoms. The molecule has 0 aliphatic carbocycles. The third-order valence-corrected chi connectivity index (χ3v) is 4.92. The van der Waals surface area contributed by atoms with Crippen LogP contribution in [0, 0.1) is 6.92 Å². The van der Waals surface area contributed by atoms with E-state index in [-0.39, 0.29) is 11.7 Å². The van der Waals surface area contributed by atoms with E-state index in [9.17, 15) is 4.79 Å². The van der Waals surface area contributed by atoms with Gasteiger partial charge in [-0.3, -0.25) is 4.79 Å². The molecule has 2 aromatic carbocycles. The summed E-state index contributed by atoms with van der Waals surface area (Å²) in [6.45, 7) is 4.52. The Labute approximate surface area is 163 Å². The van der Waals surface area contributed by atoms with Crippen molar-refractivity contribution in [2.45, 2.75) is 19.0 Å². The largest absolute Gasteiger partial charge is 0.493 e. The highest BCUT2D eigenvalue weighted by atomic mass is 32.2. The lowest BCUT2D eigenvalue weighted by Gasteiger charge is -2.09. The normalized spacial score (nSPS) is 10.6. The predicted octanol–water partition coefficient (Wildman–Crippen LogP) is 3.92. The first kappa shape index (κ1) is 19.0. The van der Waals surface area contributed by atoms with Gasteiger partial charge in [0.1, 0.15) is 5.75 Å². The number of rotatable bonds is 7. The van der Waals surface area contributed by atoms with Gasteiger partial charge in [0.15, 0.2) is 11.0 Å². The smallest absolute Gasteiger partial charge is 0.234 e. The summed E-state index contributed by atoms with van der Waals surface area (Å²) in [6.07, 6.45) is 0. The van der Waals surface area contributed by atoms with Crippen LogP contribution in [0.25, 0.3) is 11.4 Å². The van der Waals surface area contributed by atoms with Gasteiger partial charge in [0.2, 0.25) is 5.91 Å². The zero-order valence-electron chi connectivity index (χ0n) is 15.6. The van der Waals surface area contributed by atoms with Gasteiger partial charge in [-0.25, -0.2) is 0 Å². The van der Waals surface area contributed by atoms with Crippen LogP contribution in [0.2, 0.25) is 0 Å². The molecule has 0 spiro atoms. The minimum atomic E-state index is -0.0788. The number of nitrogens with zero attached hydrogens (tertiary/aromatic N) is 3. The number of nitrogens with one attached hydrogen (secondary N) is 1. The van der Waals surface area contributed by atoms with Gasteiger partial charge < -0.3 is 14.6 Å². The standard InChI is InChI=1S/C20H22N4O2S/c1-4-26-17-11-6-5-10-16(17)19-22-23-20(24(19)3)27-13-18(25)21-15-9-7-8-14(2)12-15/h5-12H,4,13H2,1-3H3,(H,21,25). The second-order valence-corrected chi connectivity index (χ2v) is 6.94. The minimum Gasteiger partial charge on any atom is -0.493 e. The molecule has 3 aromatic rings. The molecule has 0 aliphatic heterocycles. The van der Waals surface area contributed by atoms with Crippen molar-refractivity contribution in [2.75, 3.05) is 17.7 Å². The molecule has 1 heterocycles. The van der Waals surface area contributed by atoms with Gasteiger partial charge in [0.25, 0.3) is 0 Å². The molecule has 0 saturated heterocycles. The maximum atomic E-state index is 12.2. The number of thioether (sulfide) groups is 1. The van der Waals surface area contributed by atoms with Crippen LogP contribution >= 0.6 is 11.8 Å². The predicted molar refractivity (Wildman–Crippen MR) is 108 cm³/mol. The summed E-state index contributed by atoms with van der Waals surface area (Å²) in [7, 11) is 1.89. The summed E-state index contributed by atoms with van der Waals surface area (Å²) in [5.74, 6) is 1.65. The Kier molecular flexibility index (Phi) is 6.13. The average molecular weight is 382 g/mol. The lowest BCUT2D eigenvalue weighted by atomic mass is 10.2. The van der Waals surface area contributed by atoms with E-state index < -0.39 is 0 Å². The van der Waals surface area contributed by atoms with Crippen molar-refractivity contribution in [3.05, 3.63) is 54.1 Å². The molecule has 140 valence electrons. The lowest BCUT2D eigenvalue weighted by Crippen LogP contribution is -2.14. The fourth-order valence-electron chi connectivity index (χ4n) is 2.66.